The number of hydrogen-bond donors (Lipinski definition) is 0. The second-order valence-electron chi connectivity index (χ2n) is 0.887. The molecule has 0 atom stereocenters. The summed E-state index contributed by atoms with van der Waals surface area (Å²) in [6, 6.07) is 0. The molecule has 2 nitrogen and oxygen atoms in total. The first kappa shape index (κ1) is 6.44. The van der Waals surface area contributed by atoms with Gasteiger partial charge in [-0.1, -0.05) is 5.92 Å². The predicted molar refractivity (Wildman–Crippen MR) is 23.7 cm³/mol. The van der Waals surface area contributed by atoms with Gasteiger partial charge >= 0.3 is 10.2 Å². The van der Waals surface area contributed by atoms with Crippen molar-refractivity contribution in [2.24, 2.45) is 0 Å². The number of halogens is 1. The average molecular weight is 122 g/mol. The molecule has 0 saturated carbocycles. The zero-order valence-corrected chi connectivity index (χ0v) is 4.20. The summed E-state index contributed by atoms with van der Waals surface area (Å²) in [4.78, 5) is 0. The number of rotatable bonds is 1. The minimum Gasteiger partial charge on any atom is -0.194 e. The Hall–Kier alpha value is -0.560. The van der Waals surface area contributed by atoms with E-state index in [4.69, 9.17) is 0 Å². The quantitative estimate of drug-likeness (QED) is 0.360. The van der Waals surface area contributed by atoms with E-state index < -0.39 is 16.0 Å². The van der Waals surface area contributed by atoms with E-state index in [2.05, 4.69) is 6.42 Å². The highest BCUT2D eigenvalue weighted by molar-refractivity contribution is 7.86. The molecule has 7 heavy (non-hydrogen) atoms. The predicted octanol–water partition coefficient (Wildman–Crippen LogP) is -0.0811. The molecule has 0 saturated heterocycles. The van der Waals surface area contributed by atoms with Crippen LogP contribution >= 0.6 is 0 Å². The fourth-order valence-electron chi connectivity index (χ4n) is 0.0995. The van der Waals surface area contributed by atoms with Crippen molar-refractivity contribution < 1.29 is 12.3 Å². The van der Waals surface area contributed by atoms with Gasteiger partial charge in [0.2, 0.25) is 0 Å². The van der Waals surface area contributed by atoms with Crippen LogP contribution in [0.25, 0.3) is 0 Å². The molecule has 0 bridgehead atoms. The summed E-state index contributed by atoms with van der Waals surface area (Å²) in [5.74, 6) is 0.818. The highest BCUT2D eigenvalue weighted by atomic mass is 32.3. The maximum atomic E-state index is 11.2. The van der Waals surface area contributed by atoms with Crippen molar-refractivity contribution in [3.05, 3.63) is 0 Å². The molecule has 0 aromatic heterocycles. The topological polar surface area (TPSA) is 34.1 Å². The Bertz CT molecular complexity index is 174. The Morgan fingerprint density at radius 1 is 1.71 bits per heavy atom. The maximum Gasteiger partial charge on any atom is 0.313 e. The van der Waals surface area contributed by atoms with Crippen molar-refractivity contribution in [1.29, 1.82) is 0 Å². The van der Waals surface area contributed by atoms with E-state index in [1.807, 2.05) is 0 Å². The molecule has 0 spiro atoms. The SMILES string of the molecule is C#CCS(=O)(=O)F. The highest BCUT2D eigenvalue weighted by Crippen LogP contribution is 1.85. The second kappa shape index (κ2) is 1.94. The number of hydrogen-bond acceptors (Lipinski definition) is 2. The average Bonchev–Trinajstić information content (AvgIpc) is 1.30. The van der Waals surface area contributed by atoms with E-state index in [0.717, 1.165) is 0 Å². The summed E-state index contributed by atoms with van der Waals surface area (Å²) in [5, 5.41) is 0. The summed E-state index contributed by atoms with van der Waals surface area (Å²) in [5.41, 5.74) is 0. The lowest BCUT2D eigenvalue weighted by molar-refractivity contribution is 0.556. The Morgan fingerprint density at radius 2 is 2.14 bits per heavy atom. The van der Waals surface area contributed by atoms with Crippen molar-refractivity contribution in [3.63, 3.8) is 0 Å². The first-order chi connectivity index (χ1) is 3.06. The van der Waals surface area contributed by atoms with Crippen LogP contribution in [0.3, 0.4) is 0 Å². The van der Waals surface area contributed by atoms with Gasteiger partial charge in [-0.2, -0.15) is 8.42 Å². The summed E-state index contributed by atoms with van der Waals surface area (Å²) in [6.07, 6.45) is 4.45. The van der Waals surface area contributed by atoms with Gasteiger partial charge in [-0.15, -0.1) is 10.3 Å². The smallest absolute Gasteiger partial charge is 0.194 e. The van der Waals surface area contributed by atoms with Crippen LogP contribution < -0.4 is 0 Å². The largest absolute Gasteiger partial charge is 0.313 e. The monoisotopic (exact) mass is 122 g/mol. The van der Waals surface area contributed by atoms with E-state index >= 15 is 0 Å². The standard InChI is InChI=1S/C3H3FO2S/c1-2-3-7(4,5)6/h1H,3H2. The van der Waals surface area contributed by atoms with Crippen molar-refractivity contribution in [3.8, 4) is 12.3 Å². The van der Waals surface area contributed by atoms with Crippen LogP contribution in [0.2, 0.25) is 0 Å². The Labute approximate surface area is 41.6 Å². The fraction of sp³-hybridized carbons (Fsp3) is 0.333. The summed E-state index contributed by atoms with van der Waals surface area (Å²) in [6.45, 7) is 0. The lowest BCUT2D eigenvalue weighted by Gasteiger charge is -1.75. The summed E-state index contributed by atoms with van der Waals surface area (Å²) < 4.78 is 30.1. The third kappa shape index (κ3) is 5.44. The second-order valence-corrected chi connectivity index (χ2v) is 2.25. The molecule has 0 heterocycles. The lowest BCUT2D eigenvalue weighted by Crippen LogP contribution is -1.92. The van der Waals surface area contributed by atoms with Gasteiger partial charge in [-0.05, 0) is 0 Å². The number of terminal acetylenes is 1. The van der Waals surface area contributed by atoms with Crippen molar-refractivity contribution >= 4 is 10.2 Å². The molecule has 0 radical (unpaired) electrons. The van der Waals surface area contributed by atoms with Crippen LogP contribution in [-0.2, 0) is 10.2 Å². The molecule has 40 valence electrons. The van der Waals surface area contributed by atoms with Crippen LogP contribution in [0.1, 0.15) is 0 Å². The van der Waals surface area contributed by atoms with E-state index in [0.29, 0.717) is 0 Å². The van der Waals surface area contributed by atoms with Crippen LogP contribution in [0.5, 0.6) is 0 Å². The van der Waals surface area contributed by atoms with Crippen molar-refractivity contribution in [1.82, 2.24) is 0 Å². The molecule has 0 aromatic carbocycles. The Balaban J connectivity index is 3.92. The molecule has 0 aliphatic carbocycles. The third-order valence-electron chi connectivity index (χ3n) is 0.256. The van der Waals surface area contributed by atoms with Crippen LogP contribution in [0.4, 0.5) is 3.89 Å². The molecule has 0 N–H and O–H groups in total. The zero-order valence-electron chi connectivity index (χ0n) is 3.39. The molecule has 0 fully saturated rings. The van der Waals surface area contributed by atoms with E-state index in [1.54, 1.807) is 5.92 Å². The zero-order chi connectivity index (χ0) is 5.91. The highest BCUT2D eigenvalue weighted by Gasteiger charge is 2.00. The third-order valence-corrected chi connectivity index (χ3v) is 0.767. The fourth-order valence-corrected chi connectivity index (χ4v) is 0.299. The van der Waals surface area contributed by atoms with Gasteiger partial charge in [0.25, 0.3) is 0 Å². The molecule has 0 unspecified atom stereocenters. The van der Waals surface area contributed by atoms with Gasteiger partial charge in [0.05, 0.1) is 0 Å². The maximum absolute atomic E-state index is 11.2. The molecule has 0 rings (SSSR count). The van der Waals surface area contributed by atoms with Gasteiger partial charge in [-0.25, -0.2) is 0 Å². The molecular formula is C3H3FO2S. The van der Waals surface area contributed by atoms with Crippen LogP contribution in [0.15, 0.2) is 0 Å². The van der Waals surface area contributed by atoms with Gasteiger partial charge in [0, 0.05) is 0 Å². The van der Waals surface area contributed by atoms with Crippen LogP contribution in [-0.4, -0.2) is 14.2 Å². The molecule has 0 aliphatic heterocycles. The van der Waals surface area contributed by atoms with Crippen LogP contribution in [0, 0.1) is 12.3 Å². The van der Waals surface area contributed by atoms with E-state index in [9.17, 15) is 12.3 Å². The molecule has 0 aliphatic rings. The summed E-state index contributed by atoms with van der Waals surface area (Å²) >= 11 is 0. The van der Waals surface area contributed by atoms with Crippen molar-refractivity contribution in [2.45, 2.75) is 0 Å². The summed E-state index contributed by atoms with van der Waals surface area (Å²) in [7, 11) is -4.41. The molecule has 4 heteroatoms. The van der Waals surface area contributed by atoms with Gasteiger partial charge in [0.15, 0.2) is 0 Å². The van der Waals surface area contributed by atoms with E-state index in [-0.39, 0.29) is 0 Å². The lowest BCUT2D eigenvalue weighted by atomic mass is 10.8. The minimum atomic E-state index is -4.41. The minimum absolute atomic E-state index is 0.826. The van der Waals surface area contributed by atoms with Gasteiger partial charge in [0.1, 0.15) is 5.75 Å². The first-order valence-electron chi connectivity index (χ1n) is 1.42. The molecule has 0 aromatic rings. The Morgan fingerprint density at radius 3 is 2.14 bits per heavy atom. The Kier molecular flexibility index (Phi) is 1.78. The van der Waals surface area contributed by atoms with Gasteiger partial charge < -0.3 is 0 Å². The first-order valence-corrected chi connectivity index (χ1v) is 2.97. The normalized spacial score (nSPS) is 10.3. The molecule has 0 amide bonds. The van der Waals surface area contributed by atoms with Crippen molar-refractivity contribution in [2.75, 3.05) is 5.75 Å². The van der Waals surface area contributed by atoms with Gasteiger partial charge in [-0.3, -0.25) is 0 Å². The van der Waals surface area contributed by atoms with E-state index in [1.165, 1.54) is 0 Å². The molecular weight excluding hydrogens is 119 g/mol.